The van der Waals surface area contributed by atoms with Crippen LogP contribution in [0.5, 0.6) is 0 Å². The van der Waals surface area contributed by atoms with Crippen LogP contribution >= 0.6 is 0 Å². The predicted octanol–water partition coefficient (Wildman–Crippen LogP) is 0.785. The monoisotopic (exact) mass is 231 g/mol. The van der Waals surface area contributed by atoms with Crippen molar-refractivity contribution in [2.24, 2.45) is 5.73 Å². The number of nitrogens with one attached hydrogen (secondary N) is 1. The number of carbonyl (C=O) groups is 1. The molecule has 90 valence electrons. The van der Waals surface area contributed by atoms with Gasteiger partial charge >= 0.3 is 0 Å². The standard InChI is InChI=1S/C13H17N3O/c14-12-10-3-1-2-4-11(10)16(13(12)17)9-5-7-15-8-6-9/h1-4,9,12,15H,5-8,14H2. The Morgan fingerprint density at radius 2 is 1.94 bits per heavy atom. The minimum absolute atomic E-state index is 0.0538. The summed E-state index contributed by atoms with van der Waals surface area (Å²) in [5.74, 6) is 0.0538. The summed E-state index contributed by atoms with van der Waals surface area (Å²) in [7, 11) is 0. The van der Waals surface area contributed by atoms with Crippen LogP contribution in [0.4, 0.5) is 5.69 Å². The number of rotatable bonds is 1. The second-order valence-corrected chi connectivity index (χ2v) is 4.73. The molecule has 17 heavy (non-hydrogen) atoms. The number of hydrogen-bond donors (Lipinski definition) is 2. The van der Waals surface area contributed by atoms with Gasteiger partial charge in [0, 0.05) is 17.3 Å². The molecule has 2 aliphatic rings. The van der Waals surface area contributed by atoms with E-state index in [1.165, 1.54) is 0 Å². The smallest absolute Gasteiger partial charge is 0.248 e. The fraction of sp³-hybridized carbons (Fsp3) is 0.462. The van der Waals surface area contributed by atoms with E-state index in [0.29, 0.717) is 6.04 Å². The summed E-state index contributed by atoms with van der Waals surface area (Å²) in [6, 6.07) is 7.71. The number of fused-ring (bicyclic) bond motifs is 1. The third-order valence-electron chi connectivity index (χ3n) is 3.71. The van der Waals surface area contributed by atoms with Crippen LogP contribution < -0.4 is 16.0 Å². The van der Waals surface area contributed by atoms with Gasteiger partial charge in [0.2, 0.25) is 5.91 Å². The van der Waals surface area contributed by atoms with Crippen molar-refractivity contribution in [3.05, 3.63) is 29.8 Å². The zero-order valence-electron chi connectivity index (χ0n) is 9.73. The van der Waals surface area contributed by atoms with E-state index in [9.17, 15) is 4.79 Å². The minimum atomic E-state index is -0.471. The topological polar surface area (TPSA) is 58.4 Å². The van der Waals surface area contributed by atoms with E-state index in [2.05, 4.69) is 5.32 Å². The first-order valence-corrected chi connectivity index (χ1v) is 6.17. The number of amides is 1. The average Bonchev–Trinajstić information content (AvgIpc) is 2.64. The van der Waals surface area contributed by atoms with Gasteiger partial charge in [0.25, 0.3) is 0 Å². The van der Waals surface area contributed by atoms with Gasteiger partial charge in [0.1, 0.15) is 6.04 Å². The maximum absolute atomic E-state index is 12.2. The lowest BCUT2D eigenvalue weighted by Crippen LogP contribution is -2.46. The fourth-order valence-electron chi connectivity index (χ4n) is 2.81. The first kappa shape index (κ1) is 10.7. The molecule has 0 spiro atoms. The Kier molecular flexibility index (Phi) is 2.61. The van der Waals surface area contributed by atoms with Crippen LogP contribution in [0.2, 0.25) is 0 Å². The molecule has 4 heteroatoms. The van der Waals surface area contributed by atoms with E-state index in [1.54, 1.807) is 0 Å². The molecule has 0 aromatic heterocycles. The number of carbonyl (C=O) groups excluding carboxylic acids is 1. The molecular formula is C13H17N3O. The van der Waals surface area contributed by atoms with E-state index in [-0.39, 0.29) is 5.91 Å². The number of benzene rings is 1. The summed E-state index contributed by atoms with van der Waals surface area (Å²) in [6.07, 6.45) is 2.01. The minimum Gasteiger partial charge on any atom is -0.317 e. The van der Waals surface area contributed by atoms with Crippen LogP contribution in [0.1, 0.15) is 24.4 Å². The van der Waals surface area contributed by atoms with E-state index in [1.807, 2.05) is 29.2 Å². The molecule has 2 aliphatic heterocycles. The van der Waals surface area contributed by atoms with E-state index in [0.717, 1.165) is 37.2 Å². The molecule has 0 bridgehead atoms. The van der Waals surface area contributed by atoms with E-state index in [4.69, 9.17) is 5.73 Å². The van der Waals surface area contributed by atoms with E-state index >= 15 is 0 Å². The zero-order valence-corrected chi connectivity index (χ0v) is 9.73. The fourth-order valence-corrected chi connectivity index (χ4v) is 2.81. The summed E-state index contributed by atoms with van der Waals surface area (Å²) in [6.45, 7) is 1.96. The average molecular weight is 231 g/mol. The summed E-state index contributed by atoms with van der Waals surface area (Å²) >= 11 is 0. The van der Waals surface area contributed by atoms with Crippen molar-refractivity contribution < 1.29 is 4.79 Å². The van der Waals surface area contributed by atoms with Crippen LogP contribution in [0.3, 0.4) is 0 Å². The van der Waals surface area contributed by atoms with Crippen molar-refractivity contribution >= 4 is 11.6 Å². The van der Waals surface area contributed by atoms with Crippen molar-refractivity contribution in [3.63, 3.8) is 0 Å². The molecule has 1 aromatic rings. The van der Waals surface area contributed by atoms with Gasteiger partial charge in [0.05, 0.1) is 0 Å². The molecule has 0 aliphatic carbocycles. The normalized spacial score (nSPS) is 25.1. The van der Waals surface area contributed by atoms with Gasteiger partial charge in [-0.2, -0.15) is 0 Å². The lowest BCUT2D eigenvalue weighted by Gasteiger charge is -2.32. The van der Waals surface area contributed by atoms with Gasteiger partial charge in [-0.05, 0) is 32.0 Å². The Morgan fingerprint density at radius 3 is 2.71 bits per heavy atom. The molecule has 1 unspecified atom stereocenters. The Balaban J connectivity index is 1.97. The highest BCUT2D eigenvalue weighted by molar-refractivity contribution is 6.04. The Labute approximate surface area is 101 Å². The van der Waals surface area contributed by atoms with E-state index < -0.39 is 6.04 Å². The SMILES string of the molecule is NC1C(=O)N(C2CCNCC2)c2ccccc21. The molecule has 2 heterocycles. The van der Waals surface area contributed by atoms with Gasteiger partial charge in [-0.15, -0.1) is 0 Å². The maximum Gasteiger partial charge on any atom is 0.248 e. The molecule has 0 radical (unpaired) electrons. The van der Waals surface area contributed by atoms with Gasteiger partial charge in [0.15, 0.2) is 0 Å². The largest absolute Gasteiger partial charge is 0.317 e. The molecule has 1 amide bonds. The quantitative estimate of drug-likeness (QED) is 0.751. The lowest BCUT2D eigenvalue weighted by atomic mass is 10.0. The molecule has 1 saturated heterocycles. The number of nitrogens with two attached hydrogens (primary N) is 1. The van der Waals surface area contributed by atoms with Crippen molar-refractivity contribution in [1.29, 1.82) is 0 Å². The number of piperidine rings is 1. The van der Waals surface area contributed by atoms with Gasteiger partial charge in [-0.25, -0.2) is 0 Å². The van der Waals surface area contributed by atoms with Crippen molar-refractivity contribution in [2.75, 3.05) is 18.0 Å². The highest BCUT2D eigenvalue weighted by Gasteiger charge is 2.38. The Morgan fingerprint density at radius 1 is 1.24 bits per heavy atom. The van der Waals surface area contributed by atoms with Crippen LogP contribution in [-0.2, 0) is 4.79 Å². The maximum atomic E-state index is 12.2. The molecule has 3 rings (SSSR count). The third kappa shape index (κ3) is 1.64. The van der Waals surface area contributed by atoms with Crippen LogP contribution in [0.25, 0.3) is 0 Å². The molecule has 1 atom stereocenters. The summed E-state index contributed by atoms with van der Waals surface area (Å²) in [5.41, 5.74) is 7.96. The van der Waals surface area contributed by atoms with Gasteiger partial charge in [-0.3, -0.25) is 4.79 Å². The summed E-state index contributed by atoms with van der Waals surface area (Å²) < 4.78 is 0. The Bertz CT molecular complexity index is 440. The lowest BCUT2D eigenvalue weighted by molar-refractivity contribution is -0.119. The molecular weight excluding hydrogens is 214 g/mol. The first-order valence-electron chi connectivity index (χ1n) is 6.17. The number of para-hydroxylation sites is 1. The third-order valence-corrected chi connectivity index (χ3v) is 3.71. The molecule has 1 fully saturated rings. The van der Waals surface area contributed by atoms with Crippen molar-refractivity contribution in [3.8, 4) is 0 Å². The molecule has 3 N–H and O–H groups in total. The second-order valence-electron chi connectivity index (χ2n) is 4.73. The van der Waals surface area contributed by atoms with Crippen LogP contribution in [0.15, 0.2) is 24.3 Å². The van der Waals surface area contributed by atoms with Gasteiger partial charge < -0.3 is 16.0 Å². The second kappa shape index (κ2) is 4.13. The first-order chi connectivity index (χ1) is 8.29. The highest BCUT2D eigenvalue weighted by Crippen LogP contribution is 2.37. The Hall–Kier alpha value is -1.39. The molecule has 1 aromatic carbocycles. The highest BCUT2D eigenvalue weighted by atomic mass is 16.2. The van der Waals surface area contributed by atoms with Crippen molar-refractivity contribution in [2.45, 2.75) is 24.9 Å². The molecule has 4 nitrogen and oxygen atoms in total. The number of anilines is 1. The van der Waals surface area contributed by atoms with Crippen molar-refractivity contribution in [1.82, 2.24) is 5.32 Å². The summed E-state index contributed by atoms with van der Waals surface area (Å²) in [4.78, 5) is 14.2. The number of hydrogen-bond acceptors (Lipinski definition) is 3. The van der Waals surface area contributed by atoms with Crippen LogP contribution in [0, 0.1) is 0 Å². The summed E-state index contributed by atoms with van der Waals surface area (Å²) in [5, 5.41) is 3.32. The predicted molar refractivity (Wildman–Crippen MR) is 66.7 cm³/mol. The van der Waals surface area contributed by atoms with Gasteiger partial charge in [-0.1, -0.05) is 18.2 Å². The zero-order chi connectivity index (χ0) is 11.8. The van der Waals surface area contributed by atoms with Crippen LogP contribution in [-0.4, -0.2) is 25.0 Å². The molecule has 0 saturated carbocycles. The number of nitrogens with zero attached hydrogens (tertiary/aromatic N) is 1.